The number of likely N-dealkylation sites (tertiary alicyclic amines) is 1. The molecule has 0 spiro atoms. The predicted octanol–water partition coefficient (Wildman–Crippen LogP) is 5.09. The number of carbonyl (C=O) groups is 1. The van der Waals surface area contributed by atoms with Crippen molar-refractivity contribution in [2.75, 3.05) is 19.7 Å². The van der Waals surface area contributed by atoms with Gasteiger partial charge in [0.15, 0.2) is 5.78 Å². The molecule has 0 bridgehead atoms. The second-order valence-corrected chi connectivity index (χ2v) is 7.06. The van der Waals surface area contributed by atoms with Crippen molar-refractivity contribution in [2.45, 2.75) is 25.8 Å². The highest BCUT2D eigenvalue weighted by molar-refractivity contribution is 6.37. The van der Waals surface area contributed by atoms with Gasteiger partial charge in [0.25, 0.3) is 0 Å². The van der Waals surface area contributed by atoms with Gasteiger partial charge in [0.05, 0.1) is 5.02 Å². The first-order chi connectivity index (χ1) is 12.1. The molecule has 132 valence electrons. The summed E-state index contributed by atoms with van der Waals surface area (Å²) in [6.07, 6.45) is 2.41. The predicted molar refractivity (Wildman–Crippen MR) is 102 cm³/mol. The molecule has 1 fully saturated rings. The van der Waals surface area contributed by atoms with Crippen LogP contribution in [-0.4, -0.2) is 36.4 Å². The van der Waals surface area contributed by atoms with E-state index in [9.17, 15) is 4.79 Å². The van der Waals surface area contributed by atoms with E-state index in [-0.39, 0.29) is 5.78 Å². The lowest BCUT2D eigenvalue weighted by atomic mass is 10.0. The molecule has 2 aromatic carbocycles. The monoisotopic (exact) mass is 377 g/mol. The summed E-state index contributed by atoms with van der Waals surface area (Å²) in [5, 5.41) is 0.872. The molecule has 0 saturated carbocycles. The van der Waals surface area contributed by atoms with Crippen LogP contribution in [0.5, 0.6) is 5.75 Å². The van der Waals surface area contributed by atoms with E-state index in [2.05, 4.69) is 11.8 Å². The molecule has 0 N–H and O–H groups in total. The van der Waals surface area contributed by atoms with Gasteiger partial charge in [0, 0.05) is 22.2 Å². The number of rotatable bonds is 6. The minimum absolute atomic E-state index is 0.124. The molecular formula is C20H21Cl2NO2. The van der Waals surface area contributed by atoms with Crippen LogP contribution in [0.3, 0.4) is 0 Å². The minimum atomic E-state index is -0.124. The van der Waals surface area contributed by atoms with Crippen LogP contribution >= 0.6 is 23.2 Å². The summed E-state index contributed by atoms with van der Waals surface area (Å²) in [5.74, 6) is 0.655. The number of likely N-dealkylation sites (N-methyl/N-ethyl adjacent to an activating group) is 1. The van der Waals surface area contributed by atoms with E-state index < -0.39 is 0 Å². The highest BCUT2D eigenvalue weighted by atomic mass is 35.5. The topological polar surface area (TPSA) is 29.5 Å². The van der Waals surface area contributed by atoms with Gasteiger partial charge in [-0.05, 0) is 68.4 Å². The Kier molecular flexibility index (Phi) is 6.00. The van der Waals surface area contributed by atoms with Gasteiger partial charge in [-0.25, -0.2) is 0 Å². The summed E-state index contributed by atoms with van der Waals surface area (Å²) < 4.78 is 5.91. The summed E-state index contributed by atoms with van der Waals surface area (Å²) in [6.45, 7) is 5.08. The Morgan fingerprint density at radius 2 is 1.96 bits per heavy atom. The van der Waals surface area contributed by atoms with Gasteiger partial charge in [-0.1, -0.05) is 30.1 Å². The van der Waals surface area contributed by atoms with Gasteiger partial charge >= 0.3 is 0 Å². The first kappa shape index (κ1) is 18.2. The van der Waals surface area contributed by atoms with E-state index in [4.69, 9.17) is 27.9 Å². The molecule has 0 aromatic heterocycles. The number of hydrogen-bond acceptors (Lipinski definition) is 3. The molecule has 5 heteroatoms. The number of nitrogens with zero attached hydrogens (tertiary/aromatic N) is 1. The van der Waals surface area contributed by atoms with E-state index in [0.29, 0.717) is 33.8 Å². The van der Waals surface area contributed by atoms with E-state index in [1.54, 1.807) is 30.3 Å². The van der Waals surface area contributed by atoms with Crippen LogP contribution in [0.4, 0.5) is 0 Å². The Morgan fingerprint density at radius 1 is 1.20 bits per heavy atom. The normalized spacial score (nSPS) is 17.6. The van der Waals surface area contributed by atoms with E-state index in [1.807, 2.05) is 12.1 Å². The molecule has 1 aliphatic rings. The molecule has 1 heterocycles. The second-order valence-electron chi connectivity index (χ2n) is 6.21. The fourth-order valence-electron chi connectivity index (χ4n) is 3.22. The zero-order valence-corrected chi connectivity index (χ0v) is 15.7. The smallest absolute Gasteiger partial charge is 0.194 e. The molecule has 1 unspecified atom stereocenters. The molecule has 25 heavy (non-hydrogen) atoms. The van der Waals surface area contributed by atoms with E-state index in [1.165, 1.54) is 12.8 Å². The highest BCUT2D eigenvalue weighted by Gasteiger charge is 2.23. The van der Waals surface area contributed by atoms with E-state index >= 15 is 0 Å². The maximum Gasteiger partial charge on any atom is 0.194 e. The molecule has 0 amide bonds. The molecule has 1 aliphatic heterocycles. The van der Waals surface area contributed by atoms with Crippen LogP contribution in [0, 0.1) is 0 Å². The number of carbonyl (C=O) groups excluding carboxylic acids is 1. The van der Waals surface area contributed by atoms with Gasteiger partial charge in [-0.2, -0.15) is 0 Å². The number of ether oxygens (including phenoxy) is 1. The van der Waals surface area contributed by atoms with Crippen LogP contribution in [-0.2, 0) is 0 Å². The standard InChI is InChI=1S/C20H21Cl2NO2/c1-2-23-11-3-4-16(23)13-25-17-8-5-14(6-9-17)20(24)18-10-7-15(21)12-19(18)22/h5-10,12,16H,2-4,11,13H2,1H3. The zero-order valence-electron chi connectivity index (χ0n) is 14.2. The van der Waals surface area contributed by atoms with Gasteiger partial charge in [0.1, 0.15) is 12.4 Å². The van der Waals surface area contributed by atoms with Crippen LogP contribution in [0.15, 0.2) is 42.5 Å². The Morgan fingerprint density at radius 3 is 2.64 bits per heavy atom. The first-order valence-corrected chi connectivity index (χ1v) is 9.30. The summed E-state index contributed by atoms with van der Waals surface area (Å²) in [6, 6.07) is 12.6. The van der Waals surface area contributed by atoms with Crippen LogP contribution in [0.1, 0.15) is 35.7 Å². The maximum absolute atomic E-state index is 12.6. The van der Waals surface area contributed by atoms with Crippen LogP contribution in [0.25, 0.3) is 0 Å². The fraction of sp³-hybridized carbons (Fsp3) is 0.350. The Bertz CT molecular complexity index is 746. The van der Waals surface area contributed by atoms with Crippen molar-refractivity contribution < 1.29 is 9.53 Å². The van der Waals surface area contributed by atoms with Gasteiger partial charge in [0.2, 0.25) is 0 Å². The first-order valence-electron chi connectivity index (χ1n) is 8.55. The SMILES string of the molecule is CCN1CCCC1COc1ccc(C(=O)c2ccc(Cl)cc2Cl)cc1. The van der Waals surface area contributed by atoms with Gasteiger partial charge in [-0.15, -0.1) is 0 Å². The molecule has 1 atom stereocenters. The zero-order chi connectivity index (χ0) is 17.8. The van der Waals surface area contributed by atoms with Crippen LogP contribution < -0.4 is 4.74 Å². The van der Waals surface area contributed by atoms with Crippen molar-refractivity contribution in [2.24, 2.45) is 0 Å². The number of benzene rings is 2. The van der Waals surface area contributed by atoms with Crippen molar-refractivity contribution in [1.82, 2.24) is 4.90 Å². The lowest BCUT2D eigenvalue weighted by molar-refractivity contribution is 0.103. The summed E-state index contributed by atoms with van der Waals surface area (Å²) in [4.78, 5) is 15.0. The third-order valence-electron chi connectivity index (χ3n) is 4.64. The van der Waals surface area contributed by atoms with Crippen molar-refractivity contribution in [3.63, 3.8) is 0 Å². The highest BCUT2D eigenvalue weighted by Crippen LogP contribution is 2.25. The van der Waals surface area contributed by atoms with Gasteiger partial charge < -0.3 is 4.74 Å². The molecule has 0 radical (unpaired) electrons. The van der Waals surface area contributed by atoms with Gasteiger partial charge in [-0.3, -0.25) is 9.69 Å². The molecule has 0 aliphatic carbocycles. The third-order valence-corrected chi connectivity index (χ3v) is 5.19. The molecule has 3 rings (SSSR count). The number of hydrogen-bond donors (Lipinski definition) is 0. The average molecular weight is 378 g/mol. The summed E-state index contributed by atoms with van der Waals surface area (Å²) in [7, 11) is 0. The fourth-order valence-corrected chi connectivity index (χ4v) is 3.72. The molecular weight excluding hydrogens is 357 g/mol. The van der Waals surface area contributed by atoms with Crippen molar-refractivity contribution in [3.8, 4) is 5.75 Å². The lowest BCUT2D eigenvalue weighted by Crippen LogP contribution is -2.33. The quantitative estimate of drug-likeness (QED) is 0.656. The Labute approximate surface area is 158 Å². The van der Waals surface area contributed by atoms with E-state index in [0.717, 1.165) is 18.8 Å². The third kappa shape index (κ3) is 4.35. The van der Waals surface area contributed by atoms with Crippen molar-refractivity contribution in [1.29, 1.82) is 0 Å². The molecule has 3 nitrogen and oxygen atoms in total. The maximum atomic E-state index is 12.6. The Balaban J connectivity index is 1.64. The minimum Gasteiger partial charge on any atom is -0.492 e. The lowest BCUT2D eigenvalue weighted by Gasteiger charge is -2.22. The molecule has 1 saturated heterocycles. The number of halogens is 2. The Hall–Kier alpha value is -1.55. The average Bonchev–Trinajstić information content (AvgIpc) is 3.07. The van der Waals surface area contributed by atoms with Crippen molar-refractivity contribution >= 4 is 29.0 Å². The van der Waals surface area contributed by atoms with Crippen LogP contribution in [0.2, 0.25) is 10.0 Å². The second kappa shape index (κ2) is 8.22. The summed E-state index contributed by atoms with van der Waals surface area (Å²) in [5.41, 5.74) is 1.02. The summed E-state index contributed by atoms with van der Waals surface area (Å²) >= 11 is 12.0. The number of ketones is 1. The largest absolute Gasteiger partial charge is 0.492 e. The molecule has 2 aromatic rings. The van der Waals surface area contributed by atoms with Crippen molar-refractivity contribution in [3.05, 3.63) is 63.6 Å².